The largest absolute Gasteiger partial charge is 0.391 e. The molecule has 17 heavy (non-hydrogen) atoms. The molecule has 1 aliphatic rings. The van der Waals surface area contributed by atoms with Crippen LogP contribution in [0.15, 0.2) is 0 Å². The Hall–Kier alpha value is -0.610. The third kappa shape index (κ3) is 3.68. The molecule has 1 aliphatic heterocycles. The van der Waals surface area contributed by atoms with Gasteiger partial charge in [0, 0.05) is 13.1 Å². The molecule has 2 unspecified atom stereocenters. The summed E-state index contributed by atoms with van der Waals surface area (Å²) < 4.78 is 0. The summed E-state index contributed by atoms with van der Waals surface area (Å²) in [7, 11) is 0. The first-order valence-corrected chi connectivity index (χ1v) is 6.70. The molecule has 1 fully saturated rings. The number of carbonyl (C=O) groups excluding carboxylic acids is 1. The second kappa shape index (κ2) is 6.36. The predicted octanol–water partition coefficient (Wildman–Crippen LogP) is 0.899. The van der Waals surface area contributed by atoms with Crippen molar-refractivity contribution in [2.24, 2.45) is 11.3 Å². The summed E-state index contributed by atoms with van der Waals surface area (Å²) in [6.45, 7) is 8.13. The van der Waals surface area contributed by atoms with Crippen LogP contribution in [0.2, 0.25) is 0 Å². The molecular formula is C13H26N2O2. The highest BCUT2D eigenvalue weighted by molar-refractivity contribution is 5.82. The van der Waals surface area contributed by atoms with E-state index in [1.54, 1.807) is 0 Å². The van der Waals surface area contributed by atoms with Gasteiger partial charge in [0.1, 0.15) is 0 Å². The Labute approximate surface area is 104 Å². The average molecular weight is 242 g/mol. The summed E-state index contributed by atoms with van der Waals surface area (Å²) in [4.78, 5) is 12.0. The smallest absolute Gasteiger partial charge is 0.227 e. The van der Waals surface area contributed by atoms with Gasteiger partial charge in [-0.1, -0.05) is 26.7 Å². The maximum Gasteiger partial charge on any atom is 0.227 e. The molecule has 1 heterocycles. The first-order valence-electron chi connectivity index (χ1n) is 6.70. The van der Waals surface area contributed by atoms with Gasteiger partial charge in [-0.25, -0.2) is 0 Å². The fourth-order valence-electron chi connectivity index (χ4n) is 2.42. The van der Waals surface area contributed by atoms with Crippen molar-refractivity contribution in [2.45, 2.75) is 46.1 Å². The van der Waals surface area contributed by atoms with Crippen LogP contribution in [0.5, 0.6) is 0 Å². The van der Waals surface area contributed by atoms with Gasteiger partial charge in [-0.3, -0.25) is 4.79 Å². The third-order valence-corrected chi connectivity index (χ3v) is 3.98. The van der Waals surface area contributed by atoms with E-state index in [1.165, 1.54) is 0 Å². The van der Waals surface area contributed by atoms with Gasteiger partial charge in [0.2, 0.25) is 5.91 Å². The van der Waals surface area contributed by atoms with Gasteiger partial charge in [0.05, 0.1) is 11.5 Å². The fraction of sp³-hybridized carbons (Fsp3) is 0.923. The minimum Gasteiger partial charge on any atom is -0.391 e. The lowest BCUT2D eigenvalue weighted by Crippen LogP contribution is -2.44. The van der Waals surface area contributed by atoms with Gasteiger partial charge in [0.15, 0.2) is 0 Å². The third-order valence-electron chi connectivity index (χ3n) is 3.98. The van der Waals surface area contributed by atoms with Gasteiger partial charge < -0.3 is 15.7 Å². The Kier molecular flexibility index (Phi) is 5.40. The molecule has 4 heteroatoms. The number of aliphatic hydroxyl groups is 1. The van der Waals surface area contributed by atoms with Gasteiger partial charge in [-0.15, -0.1) is 0 Å². The average Bonchev–Trinajstić information content (AvgIpc) is 2.76. The molecule has 2 atom stereocenters. The highest BCUT2D eigenvalue weighted by atomic mass is 16.3. The van der Waals surface area contributed by atoms with E-state index in [9.17, 15) is 9.90 Å². The van der Waals surface area contributed by atoms with Crippen LogP contribution >= 0.6 is 0 Å². The van der Waals surface area contributed by atoms with Crippen LogP contribution in [0.3, 0.4) is 0 Å². The van der Waals surface area contributed by atoms with E-state index < -0.39 is 6.10 Å². The highest BCUT2D eigenvalue weighted by Gasteiger charge is 2.36. The van der Waals surface area contributed by atoms with Crippen LogP contribution < -0.4 is 10.6 Å². The fourth-order valence-corrected chi connectivity index (χ4v) is 2.42. The molecule has 4 nitrogen and oxygen atoms in total. The van der Waals surface area contributed by atoms with Crippen molar-refractivity contribution in [2.75, 3.05) is 19.6 Å². The lowest BCUT2D eigenvalue weighted by Gasteiger charge is -2.25. The Morgan fingerprint density at radius 3 is 2.59 bits per heavy atom. The molecule has 1 rings (SSSR count). The molecule has 0 radical (unpaired) electrons. The Bertz CT molecular complexity index is 246. The standard InChI is InChI=1S/C13H26N2O2/c1-4-10(5-2)11(16)8-15-12(17)13(3)6-7-14-9-13/h10-11,14,16H,4-9H2,1-3H3,(H,15,17). The van der Waals surface area contributed by atoms with Crippen molar-refractivity contribution >= 4 is 5.91 Å². The maximum atomic E-state index is 12.0. The first-order chi connectivity index (χ1) is 8.03. The van der Waals surface area contributed by atoms with Gasteiger partial charge in [-0.2, -0.15) is 0 Å². The van der Waals surface area contributed by atoms with E-state index in [2.05, 4.69) is 24.5 Å². The molecule has 0 aromatic rings. The maximum absolute atomic E-state index is 12.0. The van der Waals surface area contributed by atoms with Crippen LogP contribution in [-0.4, -0.2) is 36.8 Å². The Morgan fingerprint density at radius 2 is 2.12 bits per heavy atom. The molecule has 1 saturated heterocycles. The lowest BCUT2D eigenvalue weighted by atomic mass is 9.88. The number of rotatable bonds is 6. The van der Waals surface area contributed by atoms with Crippen molar-refractivity contribution in [1.82, 2.24) is 10.6 Å². The summed E-state index contributed by atoms with van der Waals surface area (Å²) in [5.74, 6) is 0.345. The summed E-state index contributed by atoms with van der Waals surface area (Å²) in [6.07, 6.45) is 2.35. The summed E-state index contributed by atoms with van der Waals surface area (Å²) in [6, 6.07) is 0. The van der Waals surface area contributed by atoms with Crippen molar-refractivity contribution in [3.8, 4) is 0 Å². The van der Waals surface area contributed by atoms with Gasteiger partial charge in [-0.05, 0) is 25.8 Å². The van der Waals surface area contributed by atoms with E-state index >= 15 is 0 Å². The topological polar surface area (TPSA) is 61.4 Å². The number of hydrogen-bond donors (Lipinski definition) is 3. The number of amides is 1. The van der Waals surface area contributed by atoms with Crippen LogP contribution in [0, 0.1) is 11.3 Å². The van der Waals surface area contributed by atoms with E-state index in [1.807, 2.05) is 6.92 Å². The van der Waals surface area contributed by atoms with Gasteiger partial charge >= 0.3 is 0 Å². The first kappa shape index (κ1) is 14.5. The van der Waals surface area contributed by atoms with E-state index in [0.29, 0.717) is 6.54 Å². The predicted molar refractivity (Wildman–Crippen MR) is 68.7 cm³/mol. The summed E-state index contributed by atoms with van der Waals surface area (Å²) in [5, 5.41) is 16.0. The zero-order chi connectivity index (χ0) is 12.9. The summed E-state index contributed by atoms with van der Waals surface area (Å²) >= 11 is 0. The molecule has 0 aromatic carbocycles. The van der Waals surface area contributed by atoms with Crippen LogP contribution in [0.1, 0.15) is 40.0 Å². The van der Waals surface area contributed by atoms with E-state index in [4.69, 9.17) is 0 Å². The molecule has 0 aliphatic carbocycles. The van der Waals surface area contributed by atoms with Crippen LogP contribution in [0.25, 0.3) is 0 Å². The zero-order valence-corrected chi connectivity index (χ0v) is 11.3. The summed E-state index contributed by atoms with van der Waals surface area (Å²) in [5.41, 5.74) is -0.298. The van der Waals surface area contributed by atoms with Crippen molar-refractivity contribution < 1.29 is 9.90 Å². The Morgan fingerprint density at radius 1 is 1.47 bits per heavy atom. The molecule has 0 spiro atoms. The normalized spacial score (nSPS) is 26.2. The molecular weight excluding hydrogens is 216 g/mol. The quantitative estimate of drug-likeness (QED) is 0.648. The van der Waals surface area contributed by atoms with Crippen molar-refractivity contribution in [1.29, 1.82) is 0 Å². The molecule has 100 valence electrons. The highest BCUT2D eigenvalue weighted by Crippen LogP contribution is 2.24. The van der Waals surface area contributed by atoms with Gasteiger partial charge in [0.25, 0.3) is 0 Å². The van der Waals surface area contributed by atoms with Crippen molar-refractivity contribution in [3.63, 3.8) is 0 Å². The second-order valence-electron chi connectivity index (χ2n) is 5.34. The molecule has 0 bridgehead atoms. The van der Waals surface area contributed by atoms with Crippen LogP contribution in [0.4, 0.5) is 0 Å². The number of aliphatic hydroxyl groups excluding tert-OH is 1. The minimum absolute atomic E-state index is 0.0625. The van der Waals surface area contributed by atoms with E-state index in [0.717, 1.165) is 32.4 Å². The molecule has 1 amide bonds. The number of nitrogens with one attached hydrogen (secondary N) is 2. The molecule has 0 saturated carbocycles. The SMILES string of the molecule is CCC(CC)C(O)CNC(=O)C1(C)CCNC1. The monoisotopic (exact) mass is 242 g/mol. The van der Waals surface area contributed by atoms with Crippen molar-refractivity contribution in [3.05, 3.63) is 0 Å². The van der Waals surface area contributed by atoms with Crippen LogP contribution in [-0.2, 0) is 4.79 Å². The second-order valence-corrected chi connectivity index (χ2v) is 5.34. The number of carbonyl (C=O) groups is 1. The van der Waals surface area contributed by atoms with E-state index in [-0.39, 0.29) is 17.2 Å². The Balaban J connectivity index is 2.37. The molecule has 0 aromatic heterocycles. The number of hydrogen-bond acceptors (Lipinski definition) is 3. The minimum atomic E-state index is -0.424. The lowest BCUT2D eigenvalue weighted by molar-refractivity contribution is -0.129. The molecule has 3 N–H and O–H groups in total. The zero-order valence-electron chi connectivity index (χ0n) is 11.3.